The molecule has 2 aliphatic carbocycles. The molecule has 5 nitrogen and oxygen atoms in total. The third-order valence-corrected chi connectivity index (χ3v) is 7.29. The summed E-state index contributed by atoms with van der Waals surface area (Å²) in [6.45, 7) is 1.18. The van der Waals surface area contributed by atoms with Gasteiger partial charge >= 0.3 is 0 Å². The van der Waals surface area contributed by atoms with E-state index in [-0.39, 0.29) is 10.8 Å². The summed E-state index contributed by atoms with van der Waals surface area (Å²) in [6, 6.07) is 6.70. The molecule has 0 aromatic heterocycles. The number of benzene rings is 1. The van der Waals surface area contributed by atoms with Gasteiger partial charge in [-0.3, -0.25) is 4.79 Å². The Morgan fingerprint density at radius 2 is 1.54 bits per heavy atom. The Kier molecular flexibility index (Phi) is 4.12. The lowest BCUT2D eigenvalue weighted by Gasteiger charge is -2.18. The summed E-state index contributed by atoms with van der Waals surface area (Å²) >= 11 is 0. The predicted octanol–water partition coefficient (Wildman–Crippen LogP) is 2.39. The number of hydrogen-bond acceptors (Lipinski definition) is 3. The van der Waals surface area contributed by atoms with Gasteiger partial charge in [-0.15, -0.1) is 0 Å². The molecule has 1 aromatic carbocycles. The molecule has 6 heteroatoms. The molecule has 3 aliphatic rings. The fraction of sp³-hybridized carbons (Fsp3) is 0.611. The van der Waals surface area contributed by atoms with E-state index in [9.17, 15) is 13.2 Å². The molecule has 0 bridgehead atoms. The minimum atomic E-state index is -3.41. The molecule has 1 aromatic rings. The first kappa shape index (κ1) is 16.1. The van der Waals surface area contributed by atoms with Crippen LogP contribution in [0.5, 0.6) is 0 Å². The Morgan fingerprint density at radius 1 is 1.00 bits per heavy atom. The Morgan fingerprint density at radius 3 is 2.04 bits per heavy atom. The van der Waals surface area contributed by atoms with Crippen molar-refractivity contribution in [2.45, 2.75) is 49.5 Å². The molecule has 2 saturated carbocycles. The zero-order valence-corrected chi connectivity index (χ0v) is 14.6. The molecule has 1 N–H and O–H groups in total. The average Bonchev–Trinajstić information content (AvgIpc) is 3.52. The van der Waals surface area contributed by atoms with Crippen molar-refractivity contribution in [3.8, 4) is 0 Å². The number of hydrogen-bond donors (Lipinski definition) is 1. The molecule has 0 radical (unpaired) electrons. The number of nitrogens with one attached hydrogen (secondary N) is 1. The average molecular weight is 348 g/mol. The molecule has 0 spiro atoms. The lowest BCUT2D eigenvalue weighted by Crippen LogP contribution is -2.38. The summed E-state index contributed by atoms with van der Waals surface area (Å²) in [7, 11) is -3.41. The van der Waals surface area contributed by atoms with Crippen LogP contribution in [0.3, 0.4) is 0 Å². The first-order valence-electron chi connectivity index (χ1n) is 8.97. The SMILES string of the molecule is O=C(NC(C1CC1)C1CC1)c1ccc(S(=O)(=O)N2CCCC2)cc1. The molecule has 1 saturated heterocycles. The van der Waals surface area contributed by atoms with Crippen molar-refractivity contribution in [2.75, 3.05) is 13.1 Å². The van der Waals surface area contributed by atoms with Crippen molar-refractivity contribution >= 4 is 15.9 Å². The van der Waals surface area contributed by atoms with Crippen LogP contribution in [-0.2, 0) is 10.0 Å². The fourth-order valence-electron chi connectivity index (χ4n) is 3.62. The van der Waals surface area contributed by atoms with Crippen molar-refractivity contribution < 1.29 is 13.2 Å². The van der Waals surface area contributed by atoms with Gasteiger partial charge in [-0.2, -0.15) is 4.31 Å². The first-order valence-corrected chi connectivity index (χ1v) is 10.4. The largest absolute Gasteiger partial charge is 0.349 e. The molecule has 4 rings (SSSR count). The fourth-order valence-corrected chi connectivity index (χ4v) is 5.14. The normalized spacial score (nSPS) is 22.0. The number of sulfonamides is 1. The Hall–Kier alpha value is -1.40. The number of amides is 1. The zero-order valence-electron chi connectivity index (χ0n) is 13.8. The van der Waals surface area contributed by atoms with Crippen LogP contribution in [0.2, 0.25) is 0 Å². The minimum Gasteiger partial charge on any atom is -0.349 e. The highest BCUT2D eigenvalue weighted by molar-refractivity contribution is 7.89. The van der Waals surface area contributed by atoms with Crippen molar-refractivity contribution in [3.05, 3.63) is 29.8 Å². The molecule has 3 fully saturated rings. The van der Waals surface area contributed by atoms with Gasteiger partial charge in [-0.05, 0) is 74.6 Å². The summed E-state index contributed by atoms with van der Waals surface area (Å²) in [5.41, 5.74) is 0.543. The van der Waals surface area contributed by atoms with Crippen LogP contribution >= 0.6 is 0 Å². The molecule has 0 atom stereocenters. The van der Waals surface area contributed by atoms with Gasteiger partial charge < -0.3 is 5.32 Å². The van der Waals surface area contributed by atoms with E-state index >= 15 is 0 Å². The Labute approximate surface area is 143 Å². The number of nitrogens with zero attached hydrogens (tertiary/aromatic N) is 1. The van der Waals surface area contributed by atoms with E-state index in [1.165, 1.54) is 30.0 Å². The smallest absolute Gasteiger partial charge is 0.251 e. The summed E-state index contributed by atoms with van der Waals surface area (Å²) < 4.78 is 26.6. The zero-order chi connectivity index (χ0) is 16.7. The predicted molar refractivity (Wildman–Crippen MR) is 91.1 cm³/mol. The lowest BCUT2D eigenvalue weighted by atomic mass is 10.1. The van der Waals surface area contributed by atoms with Crippen LogP contribution in [0.1, 0.15) is 48.9 Å². The molecule has 130 valence electrons. The second-order valence-corrected chi connectivity index (χ2v) is 9.25. The third-order valence-electron chi connectivity index (χ3n) is 5.38. The van der Waals surface area contributed by atoms with Crippen molar-refractivity contribution in [1.29, 1.82) is 0 Å². The molecular formula is C18H24N2O3S. The summed E-state index contributed by atoms with van der Waals surface area (Å²) in [5, 5.41) is 3.17. The van der Waals surface area contributed by atoms with Gasteiger partial charge in [0, 0.05) is 24.7 Å². The summed E-state index contributed by atoms with van der Waals surface area (Å²) in [5.74, 6) is 1.22. The van der Waals surface area contributed by atoms with Gasteiger partial charge in [0.1, 0.15) is 0 Å². The van der Waals surface area contributed by atoms with E-state index in [0.717, 1.165) is 12.8 Å². The van der Waals surface area contributed by atoms with Crippen LogP contribution in [0.25, 0.3) is 0 Å². The van der Waals surface area contributed by atoms with Gasteiger partial charge in [0.2, 0.25) is 10.0 Å². The Bertz CT molecular complexity index is 703. The van der Waals surface area contributed by atoms with Gasteiger partial charge in [0.15, 0.2) is 0 Å². The summed E-state index contributed by atoms with van der Waals surface area (Å²) in [6.07, 6.45) is 6.71. The number of carbonyl (C=O) groups excluding carboxylic acids is 1. The Balaban J connectivity index is 1.45. The molecular weight excluding hydrogens is 324 g/mol. The van der Waals surface area contributed by atoms with E-state index in [4.69, 9.17) is 0 Å². The number of carbonyl (C=O) groups is 1. The van der Waals surface area contributed by atoms with Crippen molar-refractivity contribution in [3.63, 3.8) is 0 Å². The monoisotopic (exact) mass is 348 g/mol. The highest BCUT2D eigenvalue weighted by Gasteiger charge is 2.42. The van der Waals surface area contributed by atoms with Crippen molar-refractivity contribution in [1.82, 2.24) is 9.62 Å². The molecule has 1 heterocycles. The maximum Gasteiger partial charge on any atom is 0.251 e. The number of rotatable bonds is 6. The highest BCUT2D eigenvalue weighted by atomic mass is 32.2. The highest BCUT2D eigenvalue weighted by Crippen LogP contribution is 2.44. The minimum absolute atomic E-state index is 0.0797. The molecule has 24 heavy (non-hydrogen) atoms. The lowest BCUT2D eigenvalue weighted by molar-refractivity contribution is 0.0926. The molecule has 0 unspecified atom stereocenters. The van der Waals surface area contributed by atoms with E-state index in [2.05, 4.69) is 5.32 Å². The molecule has 1 amide bonds. The maximum atomic E-state index is 12.5. The van der Waals surface area contributed by atoms with Gasteiger partial charge in [0.25, 0.3) is 5.91 Å². The van der Waals surface area contributed by atoms with Crippen LogP contribution in [0, 0.1) is 11.8 Å². The second-order valence-electron chi connectivity index (χ2n) is 7.31. The van der Waals surface area contributed by atoms with E-state index in [1.54, 1.807) is 24.3 Å². The van der Waals surface area contributed by atoms with Gasteiger partial charge in [-0.25, -0.2) is 8.42 Å². The second kappa shape index (κ2) is 6.15. The van der Waals surface area contributed by atoms with Gasteiger partial charge in [0.05, 0.1) is 4.90 Å². The van der Waals surface area contributed by atoms with Crippen LogP contribution in [-0.4, -0.2) is 37.8 Å². The van der Waals surface area contributed by atoms with Crippen LogP contribution < -0.4 is 5.32 Å². The van der Waals surface area contributed by atoms with Gasteiger partial charge in [-0.1, -0.05) is 0 Å². The third kappa shape index (κ3) is 3.22. The maximum absolute atomic E-state index is 12.5. The topological polar surface area (TPSA) is 66.5 Å². The van der Waals surface area contributed by atoms with Crippen LogP contribution in [0.15, 0.2) is 29.2 Å². The first-order chi connectivity index (χ1) is 11.6. The standard InChI is InChI=1S/C18H24N2O3S/c21-18(19-17(13-3-4-13)14-5-6-14)15-7-9-16(10-8-15)24(22,23)20-11-1-2-12-20/h7-10,13-14,17H,1-6,11-12H2,(H,19,21). The van der Waals surface area contributed by atoms with E-state index in [1.807, 2.05) is 0 Å². The van der Waals surface area contributed by atoms with E-state index in [0.29, 0.717) is 36.5 Å². The van der Waals surface area contributed by atoms with Crippen molar-refractivity contribution in [2.24, 2.45) is 11.8 Å². The van der Waals surface area contributed by atoms with E-state index < -0.39 is 10.0 Å². The quantitative estimate of drug-likeness (QED) is 0.858. The summed E-state index contributed by atoms with van der Waals surface area (Å²) in [4.78, 5) is 12.7. The molecule has 1 aliphatic heterocycles. The van der Waals surface area contributed by atoms with Crippen LogP contribution in [0.4, 0.5) is 0 Å².